The Labute approximate surface area is 148 Å². The molecule has 0 radical (unpaired) electrons. The van der Waals surface area contributed by atoms with Crippen LogP contribution < -0.4 is 0 Å². The van der Waals surface area contributed by atoms with E-state index in [1.54, 1.807) is 0 Å². The van der Waals surface area contributed by atoms with E-state index in [-0.39, 0.29) is 21.7 Å². The first kappa shape index (κ1) is 17.8. The van der Waals surface area contributed by atoms with Crippen molar-refractivity contribution in [3.63, 3.8) is 0 Å². The standard InChI is InChI=1S/C14H9F3N6O2S/c15-14(16,17)8-22-11(9-3-6-18-7-4-9)20-21-13(22)26-12-10(23(24)25)2-1-5-19-12/h1-7H,8H2. The largest absolute Gasteiger partial charge is 0.406 e. The summed E-state index contributed by atoms with van der Waals surface area (Å²) in [5.41, 5.74) is 0.0589. The minimum Gasteiger partial charge on any atom is -0.293 e. The SMILES string of the molecule is O=[N+]([O-])c1cccnc1Sc1nnc(-c2ccncc2)n1CC(F)(F)F. The van der Waals surface area contributed by atoms with Crippen molar-refractivity contribution in [2.45, 2.75) is 22.9 Å². The number of hydrogen-bond donors (Lipinski definition) is 0. The topological polar surface area (TPSA) is 99.6 Å². The van der Waals surface area contributed by atoms with Crippen LogP contribution in [0.15, 0.2) is 53.0 Å². The Hall–Kier alpha value is -3.02. The molecule has 0 amide bonds. The average molecular weight is 382 g/mol. The van der Waals surface area contributed by atoms with Gasteiger partial charge in [-0.3, -0.25) is 19.7 Å². The highest BCUT2D eigenvalue weighted by Crippen LogP contribution is 2.34. The summed E-state index contributed by atoms with van der Waals surface area (Å²) < 4.78 is 39.9. The van der Waals surface area contributed by atoms with Gasteiger partial charge in [-0.15, -0.1) is 10.2 Å². The summed E-state index contributed by atoms with van der Waals surface area (Å²) in [5.74, 6) is -0.0224. The molecule has 3 rings (SSSR count). The van der Waals surface area contributed by atoms with E-state index < -0.39 is 17.6 Å². The monoisotopic (exact) mass is 382 g/mol. The number of nitro groups is 1. The first-order chi connectivity index (χ1) is 12.3. The molecule has 3 heterocycles. The summed E-state index contributed by atoms with van der Waals surface area (Å²) in [4.78, 5) is 18.1. The number of halogens is 3. The highest BCUT2D eigenvalue weighted by molar-refractivity contribution is 7.99. The van der Waals surface area contributed by atoms with Crippen molar-refractivity contribution in [3.05, 3.63) is 53.0 Å². The quantitative estimate of drug-likeness (QED) is 0.493. The highest BCUT2D eigenvalue weighted by Gasteiger charge is 2.32. The molecule has 0 saturated heterocycles. The van der Waals surface area contributed by atoms with Crippen LogP contribution >= 0.6 is 11.8 Å². The number of nitrogens with zero attached hydrogens (tertiary/aromatic N) is 6. The molecule has 8 nitrogen and oxygen atoms in total. The van der Waals surface area contributed by atoms with Gasteiger partial charge in [0.1, 0.15) is 6.54 Å². The summed E-state index contributed by atoms with van der Waals surface area (Å²) in [6.45, 7) is -1.35. The molecular weight excluding hydrogens is 373 g/mol. The maximum Gasteiger partial charge on any atom is 0.406 e. The molecule has 3 aromatic rings. The van der Waals surface area contributed by atoms with Crippen molar-refractivity contribution in [2.24, 2.45) is 0 Å². The second-order valence-corrected chi connectivity index (χ2v) is 5.89. The van der Waals surface area contributed by atoms with Crippen molar-refractivity contribution < 1.29 is 18.1 Å². The van der Waals surface area contributed by atoms with Gasteiger partial charge in [-0.05, 0) is 30.0 Å². The van der Waals surface area contributed by atoms with Gasteiger partial charge < -0.3 is 0 Å². The van der Waals surface area contributed by atoms with Gasteiger partial charge in [-0.1, -0.05) is 0 Å². The van der Waals surface area contributed by atoms with Gasteiger partial charge in [0.05, 0.1) is 4.92 Å². The molecule has 0 atom stereocenters. The molecule has 0 aliphatic heterocycles. The van der Waals surface area contributed by atoms with Crippen molar-refractivity contribution in [1.82, 2.24) is 24.7 Å². The molecule has 0 aromatic carbocycles. The zero-order chi connectivity index (χ0) is 18.7. The van der Waals surface area contributed by atoms with Gasteiger partial charge in [-0.25, -0.2) is 4.98 Å². The van der Waals surface area contributed by atoms with E-state index in [0.717, 1.165) is 4.57 Å². The molecule has 0 aliphatic carbocycles. The molecule has 0 saturated carbocycles. The number of alkyl halides is 3. The molecule has 0 unspecified atom stereocenters. The molecule has 3 aromatic heterocycles. The van der Waals surface area contributed by atoms with Gasteiger partial charge in [0.25, 0.3) is 0 Å². The van der Waals surface area contributed by atoms with Gasteiger partial charge in [0, 0.05) is 30.2 Å². The zero-order valence-corrected chi connectivity index (χ0v) is 13.6. The summed E-state index contributed by atoms with van der Waals surface area (Å²) in [7, 11) is 0. The lowest BCUT2D eigenvalue weighted by Gasteiger charge is -2.12. The van der Waals surface area contributed by atoms with Gasteiger partial charge in [0.2, 0.25) is 0 Å². The van der Waals surface area contributed by atoms with Crippen LogP contribution in [0.1, 0.15) is 0 Å². The fourth-order valence-corrected chi connectivity index (χ4v) is 2.96. The summed E-state index contributed by atoms with van der Waals surface area (Å²) in [6.07, 6.45) is -0.393. The van der Waals surface area contributed by atoms with Crippen LogP contribution in [-0.2, 0) is 6.54 Å². The summed E-state index contributed by atoms with van der Waals surface area (Å²) in [5, 5.41) is 18.4. The lowest BCUT2D eigenvalue weighted by Crippen LogP contribution is -2.19. The minimum atomic E-state index is -4.53. The minimum absolute atomic E-state index is 0.0224. The van der Waals surface area contributed by atoms with Gasteiger partial charge in [-0.2, -0.15) is 13.2 Å². The van der Waals surface area contributed by atoms with E-state index in [9.17, 15) is 23.3 Å². The third-order valence-electron chi connectivity index (χ3n) is 3.13. The summed E-state index contributed by atoms with van der Waals surface area (Å²) in [6, 6.07) is 5.57. The van der Waals surface area contributed by atoms with E-state index in [4.69, 9.17) is 0 Å². The highest BCUT2D eigenvalue weighted by atomic mass is 32.2. The third-order valence-corrected chi connectivity index (χ3v) is 4.12. The average Bonchev–Trinajstić information content (AvgIpc) is 2.96. The first-order valence-corrected chi connectivity index (χ1v) is 7.84. The fraction of sp³-hybridized carbons (Fsp3) is 0.143. The van der Waals surface area contributed by atoms with Crippen molar-refractivity contribution in [1.29, 1.82) is 0 Å². The molecule has 0 bridgehead atoms. The predicted octanol–water partition coefficient (Wildman–Crippen LogP) is 3.36. The maximum absolute atomic E-state index is 13.0. The summed E-state index contributed by atoms with van der Waals surface area (Å²) >= 11 is 0.646. The molecule has 0 aliphatic rings. The van der Waals surface area contributed by atoms with Crippen molar-refractivity contribution >= 4 is 17.4 Å². The van der Waals surface area contributed by atoms with Gasteiger partial charge >= 0.3 is 11.9 Å². The van der Waals surface area contributed by atoms with Crippen molar-refractivity contribution in [3.8, 4) is 11.4 Å². The first-order valence-electron chi connectivity index (χ1n) is 7.03. The smallest absolute Gasteiger partial charge is 0.293 e. The number of hydrogen-bond acceptors (Lipinski definition) is 7. The van der Waals surface area contributed by atoms with Crippen LogP contribution in [0.5, 0.6) is 0 Å². The zero-order valence-electron chi connectivity index (χ0n) is 12.8. The number of aromatic nitrogens is 5. The van der Waals surface area contributed by atoms with E-state index in [0.29, 0.717) is 17.3 Å². The lowest BCUT2D eigenvalue weighted by molar-refractivity contribution is -0.388. The molecule has 12 heteroatoms. The molecule has 134 valence electrons. The lowest BCUT2D eigenvalue weighted by atomic mass is 10.2. The molecular formula is C14H9F3N6O2S. The van der Waals surface area contributed by atoms with E-state index >= 15 is 0 Å². The maximum atomic E-state index is 13.0. The number of pyridine rings is 2. The molecule has 0 fully saturated rings. The second-order valence-electron chi connectivity index (χ2n) is 4.93. The Balaban J connectivity index is 2.05. The Morgan fingerprint density at radius 1 is 1.15 bits per heavy atom. The number of rotatable bonds is 5. The van der Waals surface area contributed by atoms with E-state index in [1.165, 1.54) is 42.9 Å². The van der Waals surface area contributed by atoms with Crippen LogP contribution in [-0.4, -0.2) is 35.8 Å². The van der Waals surface area contributed by atoms with Crippen LogP contribution in [0.2, 0.25) is 0 Å². The Morgan fingerprint density at radius 3 is 2.54 bits per heavy atom. The van der Waals surface area contributed by atoms with E-state index in [1.807, 2.05) is 0 Å². The van der Waals surface area contributed by atoms with Crippen LogP contribution in [0.4, 0.5) is 18.9 Å². The third kappa shape index (κ3) is 3.96. The fourth-order valence-electron chi connectivity index (χ4n) is 2.09. The Bertz CT molecular complexity index is 932. The van der Waals surface area contributed by atoms with E-state index in [2.05, 4.69) is 20.2 Å². The molecule has 0 spiro atoms. The van der Waals surface area contributed by atoms with Crippen LogP contribution in [0, 0.1) is 10.1 Å². The van der Waals surface area contributed by atoms with Gasteiger partial charge in [0.15, 0.2) is 16.0 Å². The normalized spacial score (nSPS) is 11.5. The molecule has 0 N–H and O–H groups in total. The Morgan fingerprint density at radius 2 is 1.88 bits per heavy atom. The Kier molecular flexibility index (Phi) is 4.84. The predicted molar refractivity (Wildman–Crippen MR) is 84.3 cm³/mol. The van der Waals surface area contributed by atoms with Crippen molar-refractivity contribution in [2.75, 3.05) is 0 Å². The second kappa shape index (κ2) is 7.07. The molecule has 26 heavy (non-hydrogen) atoms. The van der Waals surface area contributed by atoms with Crippen LogP contribution in [0.3, 0.4) is 0 Å². The van der Waals surface area contributed by atoms with Crippen LogP contribution in [0.25, 0.3) is 11.4 Å².